The van der Waals surface area contributed by atoms with E-state index in [0.717, 1.165) is 19.3 Å². The van der Waals surface area contributed by atoms with Crippen LogP contribution < -0.4 is 5.32 Å². The van der Waals surface area contributed by atoms with Gasteiger partial charge in [0.1, 0.15) is 0 Å². The lowest BCUT2D eigenvalue weighted by atomic mass is 10.2. The molecule has 0 amide bonds. The first-order chi connectivity index (χ1) is 5.17. The topological polar surface area (TPSA) is 21.3 Å². The Morgan fingerprint density at radius 3 is 3.00 bits per heavy atom. The van der Waals surface area contributed by atoms with Crippen LogP contribution in [-0.4, -0.2) is 24.8 Å². The average Bonchev–Trinajstić information content (AvgIpc) is 2.31. The van der Waals surface area contributed by atoms with E-state index in [1.54, 1.807) is 0 Å². The fourth-order valence-electron chi connectivity index (χ4n) is 1.81. The third-order valence-corrected chi connectivity index (χ3v) is 2.35. The van der Waals surface area contributed by atoms with Crippen molar-refractivity contribution in [1.82, 2.24) is 5.32 Å². The van der Waals surface area contributed by atoms with Crippen LogP contribution in [0.5, 0.6) is 0 Å². The summed E-state index contributed by atoms with van der Waals surface area (Å²) in [5.41, 5.74) is 0. The average molecular weight is 163 g/mol. The molecule has 2 atom stereocenters. The Bertz CT molecular complexity index is 163. The zero-order chi connectivity index (χ0) is 7.90. The van der Waals surface area contributed by atoms with Gasteiger partial charge < -0.3 is 10.1 Å². The summed E-state index contributed by atoms with van der Waals surface area (Å²) in [6.07, 6.45) is -0.448. The zero-order valence-electron chi connectivity index (χ0n) is 6.15. The Hall–Kier alpha value is -0.220. The lowest BCUT2D eigenvalue weighted by Gasteiger charge is -2.32. The van der Waals surface area contributed by atoms with Crippen molar-refractivity contribution in [1.29, 1.82) is 0 Å². The van der Waals surface area contributed by atoms with Crippen molar-refractivity contribution in [3.05, 3.63) is 0 Å². The van der Waals surface area contributed by atoms with Crippen LogP contribution >= 0.6 is 0 Å². The molecule has 0 aromatic carbocycles. The van der Waals surface area contributed by atoms with Crippen molar-refractivity contribution in [2.75, 3.05) is 6.54 Å². The highest BCUT2D eigenvalue weighted by Crippen LogP contribution is 2.31. The summed E-state index contributed by atoms with van der Waals surface area (Å²) in [6.45, 7) is -0.325. The van der Waals surface area contributed by atoms with Crippen LogP contribution in [0.1, 0.15) is 19.3 Å². The van der Waals surface area contributed by atoms with E-state index in [9.17, 15) is 8.78 Å². The summed E-state index contributed by atoms with van der Waals surface area (Å²) < 4.78 is 29.7. The fourth-order valence-corrected chi connectivity index (χ4v) is 1.81. The number of rotatable bonds is 0. The van der Waals surface area contributed by atoms with Gasteiger partial charge in [0.15, 0.2) is 0 Å². The minimum absolute atomic E-state index is 0.176. The summed E-state index contributed by atoms with van der Waals surface area (Å²) in [6, 6.07) is 0.176. The first-order valence-corrected chi connectivity index (χ1v) is 3.96. The number of fused-ring (bicyclic) bond motifs is 1. The van der Waals surface area contributed by atoms with E-state index < -0.39 is 6.11 Å². The SMILES string of the molecule is FC1(F)CNC2CCCC2O1. The van der Waals surface area contributed by atoms with Crippen molar-refractivity contribution in [2.24, 2.45) is 0 Å². The molecule has 2 rings (SSSR count). The molecule has 0 bridgehead atoms. The largest absolute Gasteiger partial charge is 0.368 e. The summed E-state index contributed by atoms with van der Waals surface area (Å²) in [7, 11) is 0. The summed E-state index contributed by atoms with van der Waals surface area (Å²) in [5, 5.41) is 2.80. The van der Waals surface area contributed by atoms with Gasteiger partial charge in [-0.2, -0.15) is 8.78 Å². The normalized spacial score (nSPS) is 42.0. The molecule has 0 aromatic rings. The minimum atomic E-state index is -2.94. The molecule has 1 saturated carbocycles. The molecule has 2 fully saturated rings. The van der Waals surface area contributed by atoms with Crippen LogP contribution in [0.15, 0.2) is 0 Å². The van der Waals surface area contributed by atoms with Gasteiger partial charge in [-0.1, -0.05) is 0 Å². The third-order valence-electron chi connectivity index (χ3n) is 2.35. The van der Waals surface area contributed by atoms with Gasteiger partial charge >= 0.3 is 6.11 Å². The smallest absolute Gasteiger partial charge is 0.314 e. The van der Waals surface area contributed by atoms with E-state index in [4.69, 9.17) is 0 Å². The van der Waals surface area contributed by atoms with E-state index >= 15 is 0 Å². The Morgan fingerprint density at radius 2 is 2.18 bits per heavy atom. The highest BCUT2D eigenvalue weighted by molar-refractivity contribution is 4.89. The Kier molecular flexibility index (Phi) is 1.61. The first kappa shape index (κ1) is 7.43. The summed E-state index contributed by atoms with van der Waals surface area (Å²) >= 11 is 0. The molecular weight excluding hydrogens is 152 g/mol. The second-order valence-corrected chi connectivity index (χ2v) is 3.21. The molecule has 0 radical (unpaired) electrons. The number of alkyl halides is 2. The maximum atomic E-state index is 12.6. The van der Waals surface area contributed by atoms with Crippen molar-refractivity contribution in [3.8, 4) is 0 Å². The molecule has 1 heterocycles. The molecule has 2 nitrogen and oxygen atoms in total. The molecule has 64 valence electrons. The second-order valence-electron chi connectivity index (χ2n) is 3.21. The molecule has 1 aliphatic carbocycles. The monoisotopic (exact) mass is 163 g/mol. The van der Waals surface area contributed by atoms with Gasteiger partial charge in [-0.3, -0.25) is 0 Å². The van der Waals surface area contributed by atoms with Gasteiger partial charge in [0.25, 0.3) is 0 Å². The molecule has 0 spiro atoms. The maximum Gasteiger partial charge on any atom is 0.368 e. The number of hydrogen-bond donors (Lipinski definition) is 1. The molecule has 1 N–H and O–H groups in total. The Balaban J connectivity index is 2.02. The van der Waals surface area contributed by atoms with Crippen LogP contribution in [0.25, 0.3) is 0 Å². The van der Waals surface area contributed by atoms with Gasteiger partial charge in [0.05, 0.1) is 12.6 Å². The molecule has 4 heteroatoms. The first-order valence-electron chi connectivity index (χ1n) is 3.96. The predicted molar refractivity (Wildman–Crippen MR) is 35.5 cm³/mol. The van der Waals surface area contributed by atoms with E-state index in [-0.39, 0.29) is 18.7 Å². The van der Waals surface area contributed by atoms with E-state index in [1.165, 1.54) is 0 Å². The highest BCUT2D eigenvalue weighted by Gasteiger charge is 2.43. The number of nitrogens with one attached hydrogen (secondary N) is 1. The number of ether oxygens (including phenoxy) is 1. The molecule has 1 saturated heterocycles. The van der Waals surface area contributed by atoms with Gasteiger partial charge in [0.2, 0.25) is 0 Å². The number of halogens is 2. The van der Waals surface area contributed by atoms with Crippen molar-refractivity contribution in [3.63, 3.8) is 0 Å². The fraction of sp³-hybridized carbons (Fsp3) is 1.00. The minimum Gasteiger partial charge on any atom is -0.314 e. The van der Waals surface area contributed by atoms with Crippen LogP contribution in [0.2, 0.25) is 0 Å². The quantitative estimate of drug-likeness (QED) is 0.577. The van der Waals surface area contributed by atoms with Gasteiger partial charge in [-0.25, -0.2) is 0 Å². The van der Waals surface area contributed by atoms with Crippen LogP contribution in [0.3, 0.4) is 0 Å². The second kappa shape index (κ2) is 2.38. The molecule has 2 aliphatic rings. The van der Waals surface area contributed by atoms with Crippen molar-refractivity contribution in [2.45, 2.75) is 37.5 Å². The third kappa shape index (κ3) is 1.37. The highest BCUT2D eigenvalue weighted by atomic mass is 19.3. The van der Waals surface area contributed by atoms with Gasteiger partial charge in [0, 0.05) is 6.04 Å². The number of morpholine rings is 1. The lowest BCUT2D eigenvalue weighted by Crippen LogP contribution is -2.53. The van der Waals surface area contributed by atoms with Crippen molar-refractivity contribution < 1.29 is 13.5 Å². The molecule has 2 unspecified atom stereocenters. The van der Waals surface area contributed by atoms with Gasteiger partial charge in [-0.15, -0.1) is 0 Å². The maximum absolute atomic E-state index is 12.6. The molecule has 0 aromatic heterocycles. The van der Waals surface area contributed by atoms with Crippen molar-refractivity contribution >= 4 is 0 Å². The summed E-state index contributed by atoms with van der Waals surface area (Å²) in [5.74, 6) is 0. The van der Waals surface area contributed by atoms with Gasteiger partial charge in [-0.05, 0) is 19.3 Å². The Morgan fingerprint density at radius 1 is 1.36 bits per heavy atom. The predicted octanol–water partition coefficient (Wildman–Crippen LogP) is 1.12. The zero-order valence-corrected chi connectivity index (χ0v) is 6.15. The van der Waals surface area contributed by atoms with E-state index in [1.807, 2.05) is 0 Å². The molecular formula is C7H11F2NO. The van der Waals surface area contributed by atoms with Crippen LogP contribution in [0, 0.1) is 0 Å². The van der Waals surface area contributed by atoms with Crippen LogP contribution in [-0.2, 0) is 4.74 Å². The molecule has 1 aliphatic heterocycles. The standard InChI is InChI=1S/C7H11F2NO/c8-7(9)4-10-5-2-1-3-6(5)11-7/h5-6,10H,1-4H2. The van der Waals surface area contributed by atoms with E-state index in [0.29, 0.717) is 0 Å². The summed E-state index contributed by atoms with van der Waals surface area (Å²) in [4.78, 5) is 0. The van der Waals surface area contributed by atoms with E-state index in [2.05, 4.69) is 10.1 Å². The lowest BCUT2D eigenvalue weighted by molar-refractivity contribution is -0.278. The van der Waals surface area contributed by atoms with Crippen LogP contribution in [0.4, 0.5) is 8.78 Å². The molecule has 11 heavy (non-hydrogen) atoms. The number of hydrogen-bond acceptors (Lipinski definition) is 2. The Labute approximate surface area is 63.9 Å².